The van der Waals surface area contributed by atoms with E-state index in [1.807, 2.05) is 32.0 Å². The van der Waals surface area contributed by atoms with Crippen molar-refractivity contribution in [2.45, 2.75) is 18.7 Å². The Morgan fingerprint density at radius 1 is 0.963 bits per heavy atom. The zero-order chi connectivity index (χ0) is 19.4. The minimum atomic E-state index is -3.50. The highest BCUT2D eigenvalue weighted by Crippen LogP contribution is 2.18. The van der Waals surface area contributed by atoms with E-state index in [1.165, 1.54) is 15.4 Å². The number of nitrogens with one attached hydrogen (secondary N) is 1. The lowest BCUT2D eigenvalue weighted by molar-refractivity contribution is -0.130. The van der Waals surface area contributed by atoms with E-state index in [0.29, 0.717) is 31.1 Å². The zero-order valence-corrected chi connectivity index (χ0v) is 16.5. The molecule has 7 heteroatoms. The molecular weight excluding hydrogens is 362 g/mol. The van der Waals surface area contributed by atoms with Gasteiger partial charge in [-0.25, -0.2) is 8.42 Å². The molecule has 0 unspecified atom stereocenters. The van der Waals surface area contributed by atoms with E-state index in [-0.39, 0.29) is 12.5 Å². The Morgan fingerprint density at radius 3 is 2.26 bits per heavy atom. The number of hydrogen-bond acceptors (Lipinski definition) is 4. The Balaban J connectivity index is 1.54. The molecule has 1 aliphatic heterocycles. The molecule has 0 radical (unpaired) electrons. The number of piperazine rings is 1. The van der Waals surface area contributed by atoms with Crippen LogP contribution in [0.15, 0.2) is 53.4 Å². The third kappa shape index (κ3) is 4.48. The van der Waals surface area contributed by atoms with Crippen LogP contribution in [0.1, 0.15) is 11.1 Å². The fourth-order valence-electron chi connectivity index (χ4n) is 3.06. The second-order valence-electron chi connectivity index (χ2n) is 6.75. The smallest absolute Gasteiger partial charge is 0.243 e. The molecule has 1 aliphatic rings. The van der Waals surface area contributed by atoms with Gasteiger partial charge in [-0.2, -0.15) is 4.31 Å². The highest BCUT2D eigenvalue weighted by atomic mass is 32.2. The van der Waals surface area contributed by atoms with E-state index < -0.39 is 10.0 Å². The number of hydrogen-bond donors (Lipinski definition) is 1. The molecule has 0 aromatic heterocycles. The molecule has 1 amide bonds. The van der Waals surface area contributed by atoms with Gasteiger partial charge in [0.15, 0.2) is 0 Å². The first-order valence-corrected chi connectivity index (χ1v) is 10.5. The normalized spacial score (nSPS) is 15.6. The van der Waals surface area contributed by atoms with Gasteiger partial charge in [-0.15, -0.1) is 0 Å². The average Bonchev–Trinajstić information content (AvgIpc) is 2.69. The molecule has 0 aliphatic carbocycles. The van der Waals surface area contributed by atoms with Crippen LogP contribution in [0.5, 0.6) is 0 Å². The number of carbonyl (C=O) groups excluding carboxylic acids is 1. The largest absolute Gasteiger partial charge is 0.376 e. The van der Waals surface area contributed by atoms with E-state index in [2.05, 4.69) is 5.32 Å². The number of benzene rings is 2. The van der Waals surface area contributed by atoms with Crippen LogP contribution in [-0.2, 0) is 14.8 Å². The number of carbonyl (C=O) groups is 1. The van der Waals surface area contributed by atoms with Crippen LogP contribution >= 0.6 is 0 Å². The Labute approximate surface area is 160 Å². The van der Waals surface area contributed by atoms with E-state index >= 15 is 0 Å². The average molecular weight is 388 g/mol. The van der Waals surface area contributed by atoms with Crippen LogP contribution < -0.4 is 5.32 Å². The Kier molecular flexibility index (Phi) is 5.82. The summed E-state index contributed by atoms with van der Waals surface area (Å²) in [5.74, 6) is -0.0232. The van der Waals surface area contributed by atoms with Gasteiger partial charge < -0.3 is 10.2 Å². The van der Waals surface area contributed by atoms with E-state index in [4.69, 9.17) is 0 Å². The van der Waals surface area contributed by atoms with Crippen molar-refractivity contribution in [1.29, 1.82) is 0 Å². The molecule has 6 nitrogen and oxygen atoms in total. The molecular formula is C20H25N3O3S. The van der Waals surface area contributed by atoms with Crippen molar-refractivity contribution in [3.05, 3.63) is 59.7 Å². The van der Waals surface area contributed by atoms with E-state index in [0.717, 1.165) is 5.69 Å². The molecule has 0 spiro atoms. The maximum Gasteiger partial charge on any atom is 0.243 e. The van der Waals surface area contributed by atoms with Gasteiger partial charge >= 0.3 is 0 Å². The van der Waals surface area contributed by atoms with Crippen molar-refractivity contribution in [3.63, 3.8) is 0 Å². The lowest BCUT2D eigenvalue weighted by atomic mass is 10.1. The molecule has 1 N–H and O–H groups in total. The first-order chi connectivity index (χ1) is 12.9. The highest BCUT2D eigenvalue weighted by Gasteiger charge is 2.29. The number of rotatable bonds is 5. The summed E-state index contributed by atoms with van der Waals surface area (Å²) in [4.78, 5) is 14.5. The zero-order valence-electron chi connectivity index (χ0n) is 15.7. The summed E-state index contributed by atoms with van der Waals surface area (Å²) in [5, 5.41) is 3.15. The number of amides is 1. The van der Waals surface area contributed by atoms with Gasteiger partial charge in [0.25, 0.3) is 0 Å². The minimum absolute atomic E-state index is 0.0232. The number of aryl methyl sites for hydroxylation is 2. The lowest BCUT2D eigenvalue weighted by Gasteiger charge is -2.34. The second kappa shape index (κ2) is 8.10. The first kappa shape index (κ1) is 19.4. The van der Waals surface area contributed by atoms with Crippen molar-refractivity contribution in [2.24, 2.45) is 0 Å². The molecule has 1 fully saturated rings. The summed E-state index contributed by atoms with van der Waals surface area (Å²) in [6.07, 6.45) is 0. The third-order valence-corrected chi connectivity index (χ3v) is 6.84. The standard InChI is InChI=1S/C20H25N3O3S/c1-16-8-9-18(14-17(16)2)21-15-20(24)22-10-12-23(13-11-22)27(25,26)19-6-4-3-5-7-19/h3-9,14,21H,10-13,15H2,1-2H3. The summed E-state index contributed by atoms with van der Waals surface area (Å²) in [6.45, 7) is 5.72. The molecule has 144 valence electrons. The topological polar surface area (TPSA) is 69.7 Å². The molecule has 0 saturated carbocycles. The molecule has 2 aromatic rings. The molecule has 27 heavy (non-hydrogen) atoms. The second-order valence-corrected chi connectivity index (χ2v) is 8.69. The maximum atomic E-state index is 12.6. The SMILES string of the molecule is Cc1ccc(NCC(=O)N2CCN(S(=O)(=O)c3ccccc3)CC2)cc1C. The van der Waals surface area contributed by atoms with Crippen LogP contribution in [0.2, 0.25) is 0 Å². The predicted molar refractivity (Wildman–Crippen MR) is 106 cm³/mol. The van der Waals surface area contributed by atoms with E-state index in [1.54, 1.807) is 35.2 Å². The van der Waals surface area contributed by atoms with Gasteiger partial charge in [-0.1, -0.05) is 24.3 Å². The van der Waals surface area contributed by atoms with Crippen molar-refractivity contribution >= 4 is 21.6 Å². The van der Waals surface area contributed by atoms with Crippen LogP contribution in [-0.4, -0.2) is 56.3 Å². The third-order valence-electron chi connectivity index (χ3n) is 4.92. The summed E-state index contributed by atoms with van der Waals surface area (Å²) in [6, 6.07) is 14.4. The van der Waals surface area contributed by atoms with Crippen molar-refractivity contribution < 1.29 is 13.2 Å². The Bertz CT molecular complexity index is 905. The van der Waals surface area contributed by atoms with Crippen LogP contribution in [0.3, 0.4) is 0 Å². The predicted octanol–water partition coefficient (Wildman–Crippen LogP) is 2.25. The van der Waals surface area contributed by atoms with Gasteiger partial charge in [0.05, 0.1) is 11.4 Å². The van der Waals surface area contributed by atoms with E-state index in [9.17, 15) is 13.2 Å². The highest BCUT2D eigenvalue weighted by molar-refractivity contribution is 7.89. The van der Waals surface area contributed by atoms with Crippen LogP contribution in [0, 0.1) is 13.8 Å². The molecule has 0 atom stereocenters. The summed E-state index contributed by atoms with van der Waals surface area (Å²) >= 11 is 0. The summed E-state index contributed by atoms with van der Waals surface area (Å²) < 4.78 is 26.7. The molecule has 0 bridgehead atoms. The van der Waals surface area contributed by atoms with Gasteiger partial charge in [0, 0.05) is 31.9 Å². The minimum Gasteiger partial charge on any atom is -0.376 e. The van der Waals surface area contributed by atoms with Gasteiger partial charge in [-0.3, -0.25) is 4.79 Å². The molecule has 1 saturated heterocycles. The summed E-state index contributed by atoms with van der Waals surface area (Å²) in [5.41, 5.74) is 3.30. The molecule has 3 rings (SSSR count). The Morgan fingerprint density at radius 2 is 1.63 bits per heavy atom. The van der Waals surface area contributed by atoms with Crippen molar-refractivity contribution in [2.75, 3.05) is 38.0 Å². The quantitative estimate of drug-likeness (QED) is 0.854. The number of sulfonamides is 1. The van der Waals surface area contributed by atoms with Gasteiger partial charge in [0.1, 0.15) is 0 Å². The van der Waals surface area contributed by atoms with Crippen LogP contribution in [0.4, 0.5) is 5.69 Å². The lowest BCUT2D eigenvalue weighted by Crippen LogP contribution is -2.51. The summed E-state index contributed by atoms with van der Waals surface area (Å²) in [7, 11) is -3.50. The number of anilines is 1. The fraction of sp³-hybridized carbons (Fsp3) is 0.350. The number of nitrogens with zero attached hydrogens (tertiary/aromatic N) is 2. The van der Waals surface area contributed by atoms with Gasteiger partial charge in [-0.05, 0) is 49.2 Å². The molecule has 2 aromatic carbocycles. The van der Waals surface area contributed by atoms with Crippen molar-refractivity contribution in [3.8, 4) is 0 Å². The monoisotopic (exact) mass is 387 g/mol. The first-order valence-electron chi connectivity index (χ1n) is 9.02. The molecule has 1 heterocycles. The maximum absolute atomic E-state index is 12.6. The Hall–Kier alpha value is -2.38. The van der Waals surface area contributed by atoms with Gasteiger partial charge in [0.2, 0.25) is 15.9 Å². The van der Waals surface area contributed by atoms with Crippen LogP contribution in [0.25, 0.3) is 0 Å². The van der Waals surface area contributed by atoms with Crippen molar-refractivity contribution in [1.82, 2.24) is 9.21 Å². The fourth-order valence-corrected chi connectivity index (χ4v) is 4.50.